The number of piperidine rings is 1. The van der Waals surface area contributed by atoms with Gasteiger partial charge in [0.05, 0.1) is 0 Å². The van der Waals surface area contributed by atoms with Crippen LogP contribution in [0.25, 0.3) is 0 Å². The van der Waals surface area contributed by atoms with Gasteiger partial charge in [0.15, 0.2) is 0 Å². The Bertz CT molecular complexity index is 200. The van der Waals surface area contributed by atoms with Gasteiger partial charge in [0, 0.05) is 18.9 Å². The summed E-state index contributed by atoms with van der Waals surface area (Å²) < 4.78 is 26.0. The lowest BCUT2D eigenvalue weighted by Crippen LogP contribution is -2.44. The van der Waals surface area contributed by atoms with Crippen molar-refractivity contribution in [3.05, 3.63) is 0 Å². The van der Waals surface area contributed by atoms with Crippen LogP contribution in [-0.2, 0) is 0 Å². The van der Waals surface area contributed by atoms with Gasteiger partial charge in [-0.15, -0.1) is 0 Å². The van der Waals surface area contributed by atoms with Crippen LogP contribution in [0.1, 0.15) is 45.4 Å². The van der Waals surface area contributed by atoms with Gasteiger partial charge >= 0.3 is 0 Å². The lowest BCUT2D eigenvalue weighted by atomic mass is 9.78. The van der Waals surface area contributed by atoms with Gasteiger partial charge in [-0.2, -0.15) is 0 Å². The summed E-state index contributed by atoms with van der Waals surface area (Å²) in [5, 5.41) is 3.52. The Balaban J connectivity index is 1.80. The minimum Gasteiger partial charge on any atom is -0.313 e. The molecule has 3 heteroatoms. The number of alkyl halides is 2. The van der Waals surface area contributed by atoms with Gasteiger partial charge in [0.25, 0.3) is 0 Å². The number of nitrogens with one attached hydrogen (secondary N) is 1. The van der Waals surface area contributed by atoms with Crippen molar-refractivity contribution >= 4 is 0 Å². The molecule has 1 aliphatic carbocycles. The normalized spacial score (nSPS) is 37.8. The lowest BCUT2D eigenvalue weighted by molar-refractivity contribution is -0.0509. The average Bonchev–Trinajstić information content (AvgIpc) is 2.20. The molecule has 2 rings (SSSR count). The molecule has 1 aliphatic heterocycles. The highest BCUT2D eigenvalue weighted by Gasteiger charge is 2.38. The van der Waals surface area contributed by atoms with Gasteiger partial charge in [-0.25, -0.2) is 8.78 Å². The van der Waals surface area contributed by atoms with E-state index in [4.69, 9.17) is 0 Å². The molecule has 1 saturated carbocycles. The summed E-state index contributed by atoms with van der Waals surface area (Å²) in [6, 6.07) is 0.511. The first-order chi connectivity index (χ1) is 7.07. The van der Waals surface area contributed by atoms with E-state index in [1.54, 1.807) is 0 Å². The van der Waals surface area contributed by atoms with Crippen molar-refractivity contribution in [1.82, 2.24) is 5.32 Å². The van der Waals surface area contributed by atoms with Crippen molar-refractivity contribution in [2.45, 2.75) is 57.4 Å². The topological polar surface area (TPSA) is 12.0 Å². The van der Waals surface area contributed by atoms with E-state index >= 15 is 0 Å². The van der Waals surface area contributed by atoms with E-state index < -0.39 is 5.92 Å². The highest BCUT2D eigenvalue weighted by Crippen LogP contribution is 2.38. The SMILES string of the molecule is CC1CCC(C2CCC(F)(F)CC2)NC1. The highest BCUT2D eigenvalue weighted by atomic mass is 19.3. The van der Waals surface area contributed by atoms with Crippen LogP contribution in [0, 0.1) is 11.8 Å². The number of rotatable bonds is 1. The number of hydrogen-bond donors (Lipinski definition) is 1. The predicted octanol–water partition coefficient (Wildman–Crippen LogP) is 3.20. The first-order valence-corrected chi connectivity index (χ1v) is 6.18. The minimum absolute atomic E-state index is 0.103. The molecule has 0 aromatic heterocycles. The Morgan fingerprint density at radius 3 is 2.27 bits per heavy atom. The van der Waals surface area contributed by atoms with Crippen molar-refractivity contribution in [2.24, 2.45) is 11.8 Å². The second-order valence-electron chi connectivity index (χ2n) is 5.39. The predicted molar refractivity (Wildman–Crippen MR) is 57.1 cm³/mol. The molecule has 0 aromatic carbocycles. The van der Waals surface area contributed by atoms with E-state index in [0.717, 1.165) is 12.5 Å². The Kier molecular flexibility index (Phi) is 3.29. The fourth-order valence-corrected chi connectivity index (χ4v) is 2.89. The highest BCUT2D eigenvalue weighted by molar-refractivity contribution is 4.87. The van der Waals surface area contributed by atoms with Crippen LogP contribution >= 0.6 is 0 Å². The van der Waals surface area contributed by atoms with Gasteiger partial charge in [-0.3, -0.25) is 0 Å². The second-order valence-corrected chi connectivity index (χ2v) is 5.39. The van der Waals surface area contributed by atoms with Crippen LogP contribution in [0.5, 0.6) is 0 Å². The maximum atomic E-state index is 13.0. The molecule has 1 heterocycles. The molecule has 0 spiro atoms. The quantitative estimate of drug-likeness (QED) is 0.711. The van der Waals surface area contributed by atoms with Crippen molar-refractivity contribution in [3.63, 3.8) is 0 Å². The summed E-state index contributed by atoms with van der Waals surface area (Å²) in [6.07, 6.45) is 4.05. The largest absolute Gasteiger partial charge is 0.313 e. The van der Waals surface area contributed by atoms with Crippen LogP contribution < -0.4 is 5.32 Å². The third-order valence-electron chi connectivity index (χ3n) is 4.03. The molecule has 0 bridgehead atoms. The zero-order chi connectivity index (χ0) is 10.9. The minimum atomic E-state index is -2.38. The van der Waals surface area contributed by atoms with Crippen molar-refractivity contribution in [3.8, 4) is 0 Å². The number of hydrogen-bond acceptors (Lipinski definition) is 1. The molecule has 0 aromatic rings. The number of halogens is 2. The summed E-state index contributed by atoms with van der Waals surface area (Å²) in [4.78, 5) is 0. The zero-order valence-electron chi connectivity index (χ0n) is 9.44. The zero-order valence-corrected chi connectivity index (χ0v) is 9.44. The molecular weight excluding hydrogens is 196 g/mol. The summed E-state index contributed by atoms with van der Waals surface area (Å²) in [5.41, 5.74) is 0. The fourth-order valence-electron chi connectivity index (χ4n) is 2.89. The molecule has 2 fully saturated rings. The summed E-state index contributed by atoms with van der Waals surface area (Å²) in [6.45, 7) is 3.32. The standard InChI is InChI=1S/C12H21F2N/c1-9-2-3-11(15-8-9)10-4-6-12(13,14)7-5-10/h9-11,15H,2-8H2,1H3. The molecule has 1 saturated heterocycles. The van der Waals surface area contributed by atoms with E-state index in [0.29, 0.717) is 24.8 Å². The van der Waals surface area contributed by atoms with Gasteiger partial charge in [-0.1, -0.05) is 6.92 Å². The molecule has 0 amide bonds. The average molecular weight is 217 g/mol. The third-order valence-corrected chi connectivity index (χ3v) is 4.03. The Labute approximate surface area is 90.6 Å². The van der Waals surface area contributed by atoms with Crippen LogP contribution in [0.2, 0.25) is 0 Å². The smallest absolute Gasteiger partial charge is 0.248 e. The van der Waals surface area contributed by atoms with Crippen molar-refractivity contribution < 1.29 is 8.78 Å². The van der Waals surface area contributed by atoms with Gasteiger partial charge < -0.3 is 5.32 Å². The first kappa shape index (κ1) is 11.3. The van der Waals surface area contributed by atoms with Crippen molar-refractivity contribution in [2.75, 3.05) is 6.54 Å². The maximum absolute atomic E-state index is 13.0. The van der Waals surface area contributed by atoms with Gasteiger partial charge in [0.1, 0.15) is 0 Å². The van der Waals surface area contributed by atoms with E-state index in [2.05, 4.69) is 12.2 Å². The van der Waals surface area contributed by atoms with E-state index in [1.165, 1.54) is 12.8 Å². The monoisotopic (exact) mass is 217 g/mol. The Morgan fingerprint density at radius 2 is 1.73 bits per heavy atom. The van der Waals surface area contributed by atoms with Crippen LogP contribution in [0.15, 0.2) is 0 Å². The third kappa shape index (κ3) is 2.90. The molecule has 1 nitrogen and oxygen atoms in total. The lowest BCUT2D eigenvalue weighted by Gasteiger charge is -2.37. The van der Waals surface area contributed by atoms with Crippen LogP contribution in [-0.4, -0.2) is 18.5 Å². The summed E-state index contributed by atoms with van der Waals surface area (Å²) in [5.74, 6) is -1.12. The Hall–Kier alpha value is -0.180. The van der Waals surface area contributed by atoms with E-state index in [1.807, 2.05) is 0 Å². The molecular formula is C12H21F2N. The van der Waals surface area contributed by atoms with Crippen LogP contribution in [0.4, 0.5) is 8.78 Å². The molecule has 0 radical (unpaired) electrons. The molecule has 1 N–H and O–H groups in total. The molecule has 2 aliphatic rings. The molecule has 2 unspecified atom stereocenters. The molecule has 2 atom stereocenters. The van der Waals surface area contributed by atoms with Gasteiger partial charge in [0.2, 0.25) is 5.92 Å². The Morgan fingerprint density at radius 1 is 1.07 bits per heavy atom. The fraction of sp³-hybridized carbons (Fsp3) is 1.00. The molecule has 88 valence electrons. The summed E-state index contributed by atoms with van der Waals surface area (Å²) >= 11 is 0. The van der Waals surface area contributed by atoms with Gasteiger partial charge in [-0.05, 0) is 44.1 Å². The first-order valence-electron chi connectivity index (χ1n) is 6.18. The van der Waals surface area contributed by atoms with Crippen molar-refractivity contribution in [1.29, 1.82) is 0 Å². The maximum Gasteiger partial charge on any atom is 0.248 e. The van der Waals surface area contributed by atoms with Crippen LogP contribution in [0.3, 0.4) is 0 Å². The molecule has 15 heavy (non-hydrogen) atoms. The summed E-state index contributed by atoms with van der Waals surface area (Å²) in [7, 11) is 0. The second kappa shape index (κ2) is 4.36. The van der Waals surface area contributed by atoms with E-state index in [9.17, 15) is 8.78 Å². The van der Waals surface area contributed by atoms with E-state index in [-0.39, 0.29) is 12.8 Å².